The van der Waals surface area contributed by atoms with Gasteiger partial charge in [0.1, 0.15) is 5.82 Å². The lowest BCUT2D eigenvalue weighted by Crippen LogP contribution is -2.21. The van der Waals surface area contributed by atoms with Crippen molar-refractivity contribution in [3.05, 3.63) is 46.9 Å². The molecule has 2 N–H and O–H groups in total. The minimum atomic E-state index is -0.0319. The summed E-state index contributed by atoms with van der Waals surface area (Å²) in [6.45, 7) is 1.66. The number of nitrogens with zero attached hydrogens (tertiary/aromatic N) is 2. The zero-order valence-corrected chi connectivity index (χ0v) is 10.2. The molecule has 6 nitrogen and oxygen atoms in total. The first-order chi connectivity index (χ1) is 8.79. The predicted molar refractivity (Wildman–Crippen MR) is 68.5 cm³/mol. The third kappa shape index (κ3) is 3.21. The van der Waals surface area contributed by atoms with Crippen LogP contribution in [0.2, 0.25) is 0 Å². The van der Waals surface area contributed by atoms with E-state index >= 15 is 0 Å². The van der Waals surface area contributed by atoms with Gasteiger partial charge in [0.25, 0.3) is 5.56 Å². The molecule has 0 aliphatic heterocycles. The molecule has 0 spiro atoms. The molecule has 0 aromatic carbocycles. The number of aromatic nitrogens is 3. The second-order valence-electron chi connectivity index (χ2n) is 3.83. The minimum absolute atomic E-state index is 0.0319. The molecule has 2 rings (SSSR count). The van der Waals surface area contributed by atoms with Gasteiger partial charge < -0.3 is 19.6 Å². The molecule has 2 aromatic heterocycles. The van der Waals surface area contributed by atoms with Crippen LogP contribution in [0.15, 0.2) is 35.5 Å². The van der Waals surface area contributed by atoms with Crippen LogP contribution >= 0.6 is 0 Å². The number of rotatable bonds is 6. The van der Waals surface area contributed by atoms with E-state index in [-0.39, 0.29) is 5.56 Å². The molecule has 2 aromatic rings. The highest BCUT2D eigenvalue weighted by atomic mass is 16.5. The van der Waals surface area contributed by atoms with Gasteiger partial charge in [-0.25, -0.2) is 4.98 Å². The van der Waals surface area contributed by atoms with Crippen molar-refractivity contribution < 1.29 is 4.74 Å². The maximum atomic E-state index is 11.6. The van der Waals surface area contributed by atoms with E-state index in [2.05, 4.69) is 15.3 Å². The van der Waals surface area contributed by atoms with E-state index in [1.54, 1.807) is 42.4 Å². The van der Waals surface area contributed by atoms with E-state index in [0.717, 1.165) is 11.5 Å². The Bertz CT molecular complexity index is 533. The van der Waals surface area contributed by atoms with E-state index in [4.69, 9.17) is 4.74 Å². The molecule has 0 aliphatic rings. The maximum absolute atomic E-state index is 11.6. The van der Waals surface area contributed by atoms with Gasteiger partial charge in [-0.15, -0.1) is 0 Å². The van der Waals surface area contributed by atoms with Crippen molar-refractivity contribution in [3.63, 3.8) is 0 Å². The number of imidazole rings is 1. The molecular formula is C12H16N4O2. The van der Waals surface area contributed by atoms with Crippen LogP contribution in [0, 0.1) is 0 Å². The minimum Gasteiger partial charge on any atom is -0.383 e. The number of methoxy groups -OCH3 is 1. The van der Waals surface area contributed by atoms with Crippen LogP contribution in [0.4, 0.5) is 5.69 Å². The van der Waals surface area contributed by atoms with Crippen molar-refractivity contribution in [1.82, 2.24) is 14.5 Å². The first kappa shape index (κ1) is 12.4. The molecule has 0 amide bonds. The average Bonchev–Trinajstić information content (AvgIpc) is 2.89. The van der Waals surface area contributed by atoms with Gasteiger partial charge >= 0.3 is 0 Å². The summed E-state index contributed by atoms with van der Waals surface area (Å²) in [4.78, 5) is 18.7. The Kier molecular flexibility index (Phi) is 4.14. The molecule has 6 heteroatoms. The Labute approximate surface area is 105 Å². The lowest BCUT2D eigenvalue weighted by molar-refractivity contribution is 0.186. The van der Waals surface area contributed by atoms with Gasteiger partial charge in [-0.3, -0.25) is 4.79 Å². The molecule has 0 atom stereocenters. The number of hydrogen-bond donors (Lipinski definition) is 2. The summed E-state index contributed by atoms with van der Waals surface area (Å²) in [5.74, 6) is 0.852. The zero-order valence-electron chi connectivity index (χ0n) is 10.2. The summed E-state index contributed by atoms with van der Waals surface area (Å²) in [5.41, 5.74) is 0.845. The highest BCUT2D eigenvalue weighted by molar-refractivity contribution is 5.40. The predicted octanol–water partition coefficient (Wildman–Crippen LogP) is 0.830. The first-order valence-corrected chi connectivity index (χ1v) is 5.71. The smallest absolute Gasteiger partial charge is 0.250 e. The van der Waals surface area contributed by atoms with Crippen LogP contribution in [-0.4, -0.2) is 28.3 Å². The van der Waals surface area contributed by atoms with Crippen molar-refractivity contribution >= 4 is 5.69 Å². The standard InChI is InChI=1S/C12H16N4O2/c1-18-7-6-16-9-10(2-3-12(16)17)15-8-11-13-4-5-14-11/h2-5,9,15H,6-8H2,1H3,(H,13,14). The molecule has 96 valence electrons. The number of H-pyrrole nitrogens is 1. The summed E-state index contributed by atoms with van der Waals surface area (Å²) in [7, 11) is 1.62. The van der Waals surface area contributed by atoms with Crippen LogP contribution in [-0.2, 0) is 17.8 Å². The molecule has 2 heterocycles. The van der Waals surface area contributed by atoms with Crippen molar-refractivity contribution in [2.75, 3.05) is 19.0 Å². The molecule has 0 fully saturated rings. The van der Waals surface area contributed by atoms with Crippen molar-refractivity contribution in [3.8, 4) is 0 Å². The van der Waals surface area contributed by atoms with E-state index in [9.17, 15) is 4.79 Å². The number of aromatic amines is 1. The average molecular weight is 248 g/mol. The lowest BCUT2D eigenvalue weighted by Gasteiger charge is -2.09. The van der Waals surface area contributed by atoms with Gasteiger partial charge in [0.2, 0.25) is 0 Å². The van der Waals surface area contributed by atoms with Crippen LogP contribution in [0.3, 0.4) is 0 Å². The van der Waals surface area contributed by atoms with Crippen molar-refractivity contribution in [2.24, 2.45) is 0 Å². The SMILES string of the molecule is COCCn1cc(NCc2ncc[nH]2)ccc1=O. The highest BCUT2D eigenvalue weighted by Gasteiger charge is 1.99. The monoisotopic (exact) mass is 248 g/mol. The Morgan fingerprint density at radius 2 is 2.39 bits per heavy atom. The fraction of sp³-hybridized carbons (Fsp3) is 0.333. The maximum Gasteiger partial charge on any atom is 0.250 e. The summed E-state index contributed by atoms with van der Waals surface area (Å²) >= 11 is 0. The second-order valence-corrected chi connectivity index (χ2v) is 3.83. The van der Waals surface area contributed by atoms with Gasteiger partial charge in [-0.05, 0) is 6.07 Å². The van der Waals surface area contributed by atoms with Gasteiger partial charge in [-0.1, -0.05) is 0 Å². The van der Waals surface area contributed by atoms with Gasteiger partial charge in [-0.2, -0.15) is 0 Å². The Hall–Kier alpha value is -2.08. The van der Waals surface area contributed by atoms with Gasteiger partial charge in [0.15, 0.2) is 0 Å². The Morgan fingerprint density at radius 3 is 3.11 bits per heavy atom. The molecule has 0 unspecified atom stereocenters. The summed E-state index contributed by atoms with van der Waals surface area (Å²) in [6, 6.07) is 3.30. The summed E-state index contributed by atoms with van der Waals surface area (Å²) in [5, 5.41) is 3.20. The normalized spacial score (nSPS) is 10.5. The molecule has 0 saturated carbocycles. The number of hydrogen-bond acceptors (Lipinski definition) is 4. The van der Waals surface area contributed by atoms with Crippen LogP contribution in [0.1, 0.15) is 5.82 Å². The third-order valence-corrected chi connectivity index (χ3v) is 2.53. The number of ether oxygens (including phenoxy) is 1. The van der Waals surface area contributed by atoms with Crippen LogP contribution < -0.4 is 10.9 Å². The van der Waals surface area contributed by atoms with Crippen molar-refractivity contribution in [1.29, 1.82) is 0 Å². The van der Waals surface area contributed by atoms with E-state index in [1.165, 1.54) is 0 Å². The fourth-order valence-electron chi connectivity index (χ4n) is 1.58. The molecular weight excluding hydrogens is 232 g/mol. The summed E-state index contributed by atoms with van der Waals surface area (Å²) in [6.07, 6.45) is 5.26. The fourth-order valence-corrected chi connectivity index (χ4v) is 1.58. The highest BCUT2D eigenvalue weighted by Crippen LogP contribution is 2.04. The number of anilines is 1. The van der Waals surface area contributed by atoms with E-state index in [1.807, 2.05) is 0 Å². The quantitative estimate of drug-likeness (QED) is 0.794. The second kappa shape index (κ2) is 6.02. The molecule has 0 radical (unpaired) electrons. The van der Waals surface area contributed by atoms with Crippen LogP contribution in [0.25, 0.3) is 0 Å². The first-order valence-electron chi connectivity index (χ1n) is 5.71. The van der Waals surface area contributed by atoms with E-state index < -0.39 is 0 Å². The molecule has 18 heavy (non-hydrogen) atoms. The summed E-state index contributed by atoms with van der Waals surface area (Å²) < 4.78 is 6.58. The van der Waals surface area contributed by atoms with Crippen LogP contribution in [0.5, 0.6) is 0 Å². The molecule has 0 bridgehead atoms. The topological polar surface area (TPSA) is 71.9 Å². The number of pyridine rings is 1. The zero-order chi connectivity index (χ0) is 12.8. The van der Waals surface area contributed by atoms with Crippen molar-refractivity contribution in [2.45, 2.75) is 13.1 Å². The Balaban J connectivity index is 2.02. The third-order valence-electron chi connectivity index (χ3n) is 2.53. The number of nitrogens with one attached hydrogen (secondary N) is 2. The molecule has 0 saturated heterocycles. The largest absolute Gasteiger partial charge is 0.383 e. The van der Waals surface area contributed by atoms with Gasteiger partial charge in [0, 0.05) is 38.3 Å². The van der Waals surface area contributed by atoms with Gasteiger partial charge in [0.05, 0.1) is 18.8 Å². The Morgan fingerprint density at radius 1 is 1.50 bits per heavy atom. The molecule has 0 aliphatic carbocycles. The lowest BCUT2D eigenvalue weighted by atomic mass is 10.4. The van der Waals surface area contributed by atoms with E-state index in [0.29, 0.717) is 19.7 Å².